The Morgan fingerprint density at radius 2 is 0.656 bits per heavy atom. The summed E-state index contributed by atoms with van der Waals surface area (Å²) in [5.74, 6) is 0. The van der Waals surface area contributed by atoms with Crippen LogP contribution < -0.4 is 0 Å². The molecular weight excluding hydrogens is 415 g/mol. The van der Waals surface area contributed by atoms with Gasteiger partial charge in [0.1, 0.15) is 0 Å². The van der Waals surface area contributed by atoms with Gasteiger partial charge in [0, 0.05) is 31.7 Å². The topological polar surface area (TPSA) is 57.5 Å². The van der Waals surface area contributed by atoms with Gasteiger partial charge >= 0.3 is 0 Å². The van der Waals surface area contributed by atoms with Gasteiger partial charge in [-0.2, -0.15) is 0 Å². The molecule has 0 fully saturated rings. The van der Waals surface area contributed by atoms with Crippen molar-refractivity contribution >= 4 is 7.14 Å². The zero-order chi connectivity index (χ0) is 23.6. The summed E-state index contributed by atoms with van der Waals surface area (Å²) < 4.78 is 12.5. The van der Waals surface area contributed by atoms with E-state index in [2.05, 4.69) is 6.92 Å². The molecule has 0 bridgehead atoms. The normalized spacial score (nSPS) is 12.0. The highest BCUT2D eigenvalue weighted by atomic mass is 31.2. The standard InChI is InChI=1S/C28H59O3P/c1-2-3-4-5-6-7-8-9-10-11-12-13-14-15-16-17-18-19-20-21-22-23-26-32(31,27-24-29)28-25-30/h29-30H,2-28H2,1H3. The highest BCUT2D eigenvalue weighted by Crippen LogP contribution is 2.45. The largest absolute Gasteiger partial charge is 0.396 e. The second-order valence-corrected chi connectivity index (χ2v) is 13.6. The molecule has 0 spiro atoms. The van der Waals surface area contributed by atoms with Crippen molar-refractivity contribution < 1.29 is 14.8 Å². The number of unbranched alkanes of at least 4 members (excludes halogenated alkanes) is 21. The predicted octanol–water partition coefficient (Wildman–Crippen LogP) is 8.94. The van der Waals surface area contributed by atoms with Gasteiger partial charge in [0.25, 0.3) is 0 Å². The highest BCUT2D eigenvalue weighted by molar-refractivity contribution is 7.63. The third-order valence-electron chi connectivity index (χ3n) is 6.93. The third kappa shape index (κ3) is 23.3. The van der Waals surface area contributed by atoms with Crippen LogP contribution >= 0.6 is 7.14 Å². The van der Waals surface area contributed by atoms with E-state index in [4.69, 9.17) is 10.2 Å². The van der Waals surface area contributed by atoms with Crippen molar-refractivity contribution in [3.05, 3.63) is 0 Å². The SMILES string of the molecule is CCCCCCCCCCCCCCCCCCCCCCCCP(=O)(CCO)CCO. The fourth-order valence-corrected chi connectivity index (χ4v) is 6.91. The quantitative estimate of drug-likeness (QED) is 0.0922. The minimum atomic E-state index is -2.32. The summed E-state index contributed by atoms with van der Waals surface area (Å²) in [5, 5.41) is 18.1. The van der Waals surface area contributed by atoms with Crippen molar-refractivity contribution in [2.24, 2.45) is 0 Å². The van der Waals surface area contributed by atoms with Crippen LogP contribution in [-0.4, -0.2) is 41.9 Å². The molecule has 32 heavy (non-hydrogen) atoms. The molecule has 0 aliphatic carbocycles. The third-order valence-corrected chi connectivity index (χ3v) is 10.1. The van der Waals surface area contributed by atoms with Crippen molar-refractivity contribution in [1.82, 2.24) is 0 Å². The minimum Gasteiger partial charge on any atom is -0.396 e. The molecule has 0 radical (unpaired) electrons. The maximum atomic E-state index is 12.5. The predicted molar refractivity (Wildman–Crippen MR) is 144 cm³/mol. The Hall–Kier alpha value is 0.150. The molecular formula is C28H59O3P. The fraction of sp³-hybridized carbons (Fsp3) is 1.00. The van der Waals surface area contributed by atoms with Crippen LogP contribution in [0.1, 0.15) is 148 Å². The Morgan fingerprint density at radius 1 is 0.406 bits per heavy atom. The Labute approximate surface area is 201 Å². The van der Waals surface area contributed by atoms with Crippen molar-refractivity contribution in [3.8, 4) is 0 Å². The van der Waals surface area contributed by atoms with Crippen LogP contribution in [0.4, 0.5) is 0 Å². The average molecular weight is 475 g/mol. The highest BCUT2D eigenvalue weighted by Gasteiger charge is 2.19. The zero-order valence-electron chi connectivity index (χ0n) is 21.8. The Balaban J connectivity index is 3.20. The number of hydrogen-bond donors (Lipinski definition) is 2. The van der Waals surface area contributed by atoms with Gasteiger partial charge in [-0.1, -0.05) is 142 Å². The molecule has 0 rings (SSSR count). The van der Waals surface area contributed by atoms with Crippen molar-refractivity contribution in [3.63, 3.8) is 0 Å². The molecule has 0 amide bonds. The number of hydrogen-bond acceptors (Lipinski definition) is 3. The summed E-state index contributed by atoms with van der Waals surface area (Å²) in [6, 6.07) is 0. The van der Waals surface area contributed by atoms with Gasteiger partial charge in [0.2, 0.25) is 0 Å². The maximum Gasteiger partial charge on any atom is 0.0922 e. The van der Waals surface area contributed by atoms with Crippen molar-refractivity contribution in [1.29, 1.82) is 0 Å². The van der Waals surface area contributed by atoms with Crippen LogP contribution in [-0.2, 0) is 4.57 Å². The molecule has 0 atom stereocenters. The van der Waals surface area contributed by atoms with Crippen LogP contribution in [0.2, 0.25) is 0 Å². The lowest BCUT2D eigenvalue weighted by Crippen LogP contribution is -2.06. The second-order valence-electron chi connectivity index (χ2n) is 10.1. The van der Waals surface area contributed by atoms with Crippen LogP contribution in [0.25, 0.3) is 0 Å². The molecule has 0 aliphatic rings. The first-order chi connectivity index (χ1) is 15.7. The Bertz CT molecular complexity index is 390. The maximum absolute atomic E-state index is 12.5. The van der Waals surface area contributed by atoms with Crippen molar-refractivity contribution in [2.45, 2.75) is 148 Å². The number of aliphatic hydroxyl groups excluding tert-OH is 2. The first-order valence-electron chi connectivity index (χ1n) is 14.5. The summed E-state index contributed by atoms with van der Waals surface area (Å²) >= 11 is 0. The van der Waals surface area contributed by atoms with Gasteiger partial charge in [0.05, 0.1) is 7.14 Å². The lowest BCUT2D eigenvalue weighted by Gasteiger charge is -2.15. The van der Waals surface area contributed by atoms with E-state index >= 15 is 0 Å². The molecule has 0 aromatic rings. The van der Waals surface area contributed by atoms with Gasteiger partial charge in [-0.15, -0.1) is 0 Å². The zero-order valence-corrected chi connectivity index (χ0v) is 22.7. The molecule has 194 valence electrons. The van der Waals surface area contributed by atoms with Crippen LogP contribution in [0.15, 0.2) is 0 Å². The number of aliphatic hydroxyl groups is 2. The van der Waals surface area contributed by atoms with Gasteiger partial charge in [0.15, 0.2) is 0 Å². The van der Waals surface area contributed by atoms with Crippen molar-refractivity contribution in [2.75, 3.05) is 31.7 Å². The van der Waals surface area contributed by atoms with Gasteiger partial charge in [-0.3, -0.25) is 0 Å². The first-order valence-corrected chi connectivity index (χ1v) is 16.7. The van der Waals surface area contributed by atoms with E-state index in [0.717, 1.165) is 12.8 Å². The molecule has 4 heteroatoms. The molecule has 3 nitrogen and oxygen atoms in total. The van der Waals surface area contributed by atoms with Gasteiger partial charge in [-0.05, 0) is 6.42 Å². The van der Waals surface area contributed by atoms with E-state index in [1.807, 2.05) is 0 Å². The molecule has 0 saturated carbocycles. The first kappa shape index (κ1) is 32.1. The van der Waals surface area contributed by atoms with Crippen LogP contribution in [0.5, 0.6) is 0 Å². The molecule has 0 aromatic heterocycles. The van der Waals surface area contributed by atoms with Crippen LogP contribution in [0, 0.1) is 0 Å². The molecule has 0 aromatic carbocycles. The van der Waals surface area contributed by atoms with Gasteiger partial charge < -0.3 is 14.8 Å². The summed E-state index contributed by atoms with van der Waals surface area (Å²) in [5.41, 5.74) is 0. The van der Waals surface area contributed by atoms with Gasteiger partial charge in [-0.25, -0.2) is 0 Å². The number of rotatable bonds is 27. The lowest BCUT2D eigenvalue weighted by atomic mass is 10.0. The minimum absolute atomic E-state index is 0.0173. The summed E-state index contributed by atoms with van der Waals surface area (Å²) in [6.45, 7) is 2.25. The average Bonchev–Trinajstić information content (AvgIpc) is 2.77. The van der Waals surface area contributed by atoms with Crippen LogP contribution in [0.3, 0.4) is 0 Å². The Kier molecular flexibility index (Phi) is 25.9. The molecule has 0 aliphatic heterocycles. The smallest absolute Gasteiger partial charge is 0.0922 e. The lowest BCUT2D eigenvalue weighted by molar-refractivity contribution is 0.311. The molecule has 0 heterocycles. The van der Waals surface area contributed by atoms with E-state index < -0.39 is 7.14 Å². The fourth-order valence-electron chi connectivity index (χ4n) is 4.71. The molecule has 2 N–H and O–H groups in total. The Morgan fingerprint density at radius 3 is 0.906 bits per heavy atom. The van der Waals surface area contributed by atoms with E-state index in [-0.39, 0.29) is 13.2 Å². The van der Waals surface area contributed by atoms with E-state index in [9.17, 15) is 4.57 Å². The molecule has 0 unspecified atom stereocenters. The van der Waals surface area contributed by atoms with E-state index in [1.54, 1.807) is 0 Å². The summed E-state index contributed by atoms with van der Waals surface area (Å²) in [4.78, 5) is 0. The monoisotopic (exact) mass is 474 g/mol. The summed E-state index contributed by atoms with van der Waals surface area (Å²) in [7, 11) is -2.32. The summed E-state index contributed by atoms with van der Waals surface area (Å²) in [6.07, 6.45) is 31.8. The van der Waals surface area contributed by atoms with E-state index in [1.165, 1.54) is 128 Å². The van der Waals surface area contributed by atoms with E-state index in [0.29, 0.717) is 18.5 Å². The second kappa shape index (κ2) is 25.8. The molecule has 0 saturated heterocycles.